The fraction of sp³-hybridized carbons (Fsp3) is 0.455. The molecule has 6 nitrogen and oxygen atoms in total. The number of pyridine rings is 1. The fourth-order valence-corrected chi connectivity index (χ4v) is 2.73. The van der Waals surface area contributed by atoms with Crippen molar-refractivity contribution in [3.05, 3.63) is 22.7 Å². The van der Waals surface area contributed by atoms with E-state index in [2.05, 4.69) is 9.97 Å². The molecule has 0 bridgehead atoms. The second-order valence-corrected chi connectivity index (χ2v) is 5.13. The van der Waals surface area contributed by atoms with E-state index in [-0.39, 0.29) is 23.0 Å². The third-order valence-electron chi connectivity index (χ3n) is 3.13. The number of ether oxygens (including phenoxy) is 1. The number of hydrogen-bond acceptors (Lipinski definition) is 5. The number of rotatable bonds is 2. The number of imidazole rings is 1. The molecule has 8 heteroatoms. The lowest BCUT2D eigenvalue weighted by molar-refractivity contribution is -0.0484. The molecule has 0 spiro atoms. The molecule has 1 aliphatic rings. The SMILES string of the molecule is OC[C@@H]1C[C@@H](O)[C@@H](n2cnc3c(Cl)nc(Cl)cc32)O1. The molecule has 3 atom stereocenters. The van der Waals surface area contributed by atoms with Crippen molar-refractivity contribution in [2.45, 2.75) is 24.9 Å². The van der Waals surface area contributed by atoms with Crippen LogP contribution in [0.15, 0.2) is 12.4 Å². The molecule has 2 aromatic rings. The smallest absolute Gasteiger partial charge is 0.161 e. The van der Waals surface area contributed by atoms with E-state index >= 15 is 0 Å². The van der Waals surface area contributed by atoms with E-state index in [1.54, 1.807) is 10.6 Å². The van der Waals surface area contributed by atoms with E-state index in [1.165, 1.54) is 6.33 Å². The highest BCUT2D eigenvalue weighted by molar-refractivity contribution is 6.36. The maximum absolute atomic E-state index is 9.99. The van der Waals surface area contributed by atoms with Crippen molar-refractivity contribution >= 4 is 34.2 Å². The quantitative estimate of drug-likeness (QED) is 0.819. The first kappa shape index (κ1) is 13.1. The molecule has 1 fully saturated rings. The first-order chi connectivity index (χ1) is 9.10. The minimum absolute atomic E-state index is 0.136. The third kappa shape index (κ3) is 2.19. The Kier molecular flexibility index (Phi) is 3.36. The molecular formula is C11H11Cl2N3O3. The lowest BCUT2D eigenvalue weighted by atomic mass is 10.2. The molecule has 0 amide bonds. The van der Waals surface area contributed by atoms with Gasteiger partial charge in [-0.25, -0.2) is 9.97 Å². The summed E-state index contributed by atoms with van der Waals surface area (Å²) in [6, 6.07) is 1.61. The van der Waals surface area contributed by atoms with Gasteiger partial charge < -0.3 is 19.5 Å². The molecule has 3 rings (SSSR count). The Labute approximate surface area is 118 Å². The van der Waals surface area contributed by atoms with E-state index in [0.29, 0.717) is 17.5 Å². The highest BCUT2D eigenvalue weighted by Gasteiger charge is 2.35. The van der Waals surface area contributed by atoms with Gasteiger partial charge in [0.25, 0.3) is 0 Å². The summed E-state index contributed by atoms with van der Waals surface area (Å²) in [5.74, 6) is 0. The summed E-state index contributed by atoms with van der Waals surface area (Å²) in [6.07, 6.45) is 0.164. The van der Waals surface area contributed by atoms with Gasteiger partial charge in [0.05, 0.1) is 24.6 Å². The van der Waals surface area contributed by atoms with Crippen molar-refractivity contribution in [2.24, 2.45) is 0 Å². The number of aliphatic hydroxyl groups is 2. The molecule has 2 N–H and O–H groups in total. The molecule has 2 aromatic heterocycles. The van der Waals surface area contributed by atoms with Crippen LogP contribution in [0.4, 0.5) is 0 Å². The first-order valence-corrected chi connectivity index (χ1v) is 6.48. The molecule has 0 aromatic carbocycles. The predicted molar refractivity (Wildman–Crippen MR) is 69.2 cm³/mol. The van der Waals surface area contributed by atoms with Gasteiger partial charge in [0.15, 0.2) is 11.4 Å². The summed E-state index contributed by atoms with van der Waals surface area (Å²) >= 11 is 11.8. The average Bonchev–Trinajstić information content (AvgIpc) is 2.92. The third-order valence-corrected chi connectivity index (χ3v) is 3.59. The Morgan fingerprint density at radius 2 is 2.26 bits per heavy atom. The largest absolute Gasteiger partial charge is 0.394 e. The first-order valence-electron chi connectivity index (χ1n) is 5.73. The zero-order valence-electron chi connectivity index (χ0n) is 9.70. The van der Waals surface area contributed by atoms with Gasteiger partial charge >= 0.3 is 0 Å². The Morgan fingerprint density at radius 1 is 1.47 bits per heavy atom. The van der Waals surface area contributed by atoms with Gasteiger partial charge in [-0.15, -0.1) is 0 Å². The van der Waals surface area contributed by atoms with Crippen LogP contribution in [0.1, 0.15) is 12.6 Å². The zero-order chi connectivity index (χ0) is 13.6. The molecule has 3 heterocycles. The molecule has 0 saturated carbocycles. The van der Waals surface area contributed by atoms with Gasteiger partial charge in [0.1, 0.15) is 16.8 Å². The number of halogens is 2. The van der Waals surface area contributed by atoms with Crippen molar-refractivity contribution in [3.8, 4) is 0 Å². The van der Waals surface area contributed by atoms with Crippen LogP contribution in [0.25, 0.3) is 11.0 Å². The van der Waals surface area contributed by atoms with Crippen molar-refractivity contribution in [3.63, 3.8) is 0 Å². The van der Waals surface area contributed by atoms with E-state index in [4.69, 9.17) is 33.0 Å². The van der Waals surface area contributed by atoms with E-state index < -0.39 is 12.3 Å². The minimum Gasteiger partial charge on any atom is -0.394 e. The minimum atomic E-state index is -0.722. The summed E-state index contributed by atoms with van der Waals surface area (Å²) < 4.78 is 7.22. The van der Waals surface area contributed by atoms with Crippen molar-refractivity contribution in [1.82, 2.24) is 14.5 Å². The van der Waals surface area contributed by atoms with Crippen LogP contribution in [0.2, 0.25) is 10.3 Å². The standard InChI is InChI=1S/C11H11Cl2N3O3/c12-8-2-6-9(10(13)15-8)14-4-16(6)11-7(18)1-5(3-17)19-11/h2,4-5,7,11,17-18H,1,3H2/t5-,7+,11-/m0/s1. The van der Waals surface area contributed by atoms with Gasteiger partial charge in [-0.05, 0) is 0 Å². The number of nitrogens with zero attached hydrogens (tertiary/aromatic N) is 3. The van der Waals surface area contributed by atoms with Crippen molar-refractivity contribution in [2.75, 3.05) is 6.61 Å². The van der Waals surface area contributed by atoms with E-state index in [9.17, 15) is 5.11 Å². The molecule has 1 saturated heterocycles. The maximum Gasteiger partial charge on any atom is 0.161 e. The van der Waals surface area contributed by atoms with Gasteiger partial charge in [-0.2, -0.15) is 0 Å². The number of aliphatic hydroxyl groups excluding tert-OH is 2. The summed E-state index contributed by atoms with van der Waals surface area (Å²) in [7, 11) is 0. The summed E-state index contributed by atoms with van der Waals surface area (Å²) in [5, 5.41) is 19.5. The number of fused-ring (bicyclic) bond motifs is 1. The normalized spacial score (nSPS) is 27.3. The van der Waals surface area contributed by atoms with Crippen molar-refractivity contribution in [1.29, 1.82) is 0 Å². The fourth-order valence-electron chi connectivity index (χ4n) is 2.26. The Hall–Kier alpha value is -0.920. The van der Waals surface area contributed by atoms with E-state index in [1.807, 2.05) is 0 Å². The van der Waals surface area contributed by atoms with E-state index in [0.717, 1.165) is 0 Å². The number of hydrogen-bond donors (Lipinski definition) is 2. The highest BCUT2D eigenvalue weighted by Crippen LogP contribution is 2.33. The number of aromatic nitrogens is 3. The molecule has 1 aliphatic heterocycles. The average molecular weight is 304 g/mol. The zero-order valence-corrected chi connectivity index (χ0v) is 11.2. The molecule has 0 aliphatic carbocycles. The second kappa shape index (κ2) is 4.88. The second-order valence-electron chi connectivity index (χ2n) is 4.39. The maximum atomic E-state index is 9.99. The van der Waals surface area contributed by atoms with Crippen LogP contribution in [-0.4, -0.2) is 43.6 Å². The van der Waals surface area contributed by atoms with Gasteiger partial charge in [-0.3, -0.25) is 0 Å². The Balaban J connectivity index is 2.06. The molecular weight excluding hydrogens is 293 g/mol. The highest BCUT2D eigenvalue weighted by atomic mass is 35.5. The van der Waals surface area contributed by atoms with Crippen LogP contribution < -0.4 is 0 Å². The predicted octanol–water partition coefficient (Wildman–Crippen LogP) is 1.38. The summed E-state index contributed by atoms with van der Waals surface area (Å²) in [5.41, 5.74) is 1.13. The van der Waals surface area contributed by atoms with Gasteiger partial charge in [0, 0.05) is 12.5 Å². The van der Waals surface area contributed by atoms with Crippen LogP contribution in [0.3, 0.4) is 0 Å². The summed E-state index contributed by atoms with van der Waals surface area (Å²) in [4.78, 5) is 8.05. The van der Waals surface area contributed by atoms with Crippen LogP contribution >= 0.6 is 23.2 Å². The lowest BCUT2D eigenvalue weighted by Gasteiger charge is -2.17. The lowest BCUT2D eigenvalue weighted by Crippen LogP contribution is -2.18. The molecule has 102 valence electrons. The van der Waals surface area contributed by atoms with Crippen LogP contribution in [0.5, 0.6) is 0 Å². The monoisotopic (exact) mass is 303 g/mol. The van der Waals surface area contributed by atoms with Crippen molar-refractivity contribution < 1.29 is 14.9 Å². The van der Waals surface area contributed by atoms with Crippen LogP contribution in [-0.2, 0) is 4.74 Å². The van der Waals surface area contributed by atoms with Gasteiger partial charge in [-0.1, -0.05) is 23.2 Å². The molecule has 0 unspecified atom stereocenters. The van der Waals surface area contributed by atoms with Crippen LogP contribution in [0, 0.1) is 0 Å². The Morgan fingerprint density at radius 3 is 2.95 bits per heavy atom. The Bertz CT molecular complexity index is 618. The molecule has 0 radical (unpaired) electrons. The summed E-state index contributed by atoms with van der Waals surface area (Å²) in [6.45, 7) is -0.136. The van der Waals surface area contributed by atoms with Gasteiger partial charge in [0.2, 0.25) is 0 Å². The molecule has 19 heavy (non-hydrogen) atoms. The topological polar surface area (TPSA) is 80.4 Å².